The summed E-state index contributed by atoms with van der Waals surface area (Å²) >= 11 is 0. The maximum absolute atomic E-state index is 10.2. The normalized spacial score (nSPS) is 22.8. The SMILES string of the molecule is CCCCC1CCN(CCCC=O)C1. The number of hydrogen-bond acceptors (Lipinski definition) is 2. The Kier molecular flexibility index (Phi) is 5.85. The lowest BCUT2D eigenvalue weighted by Gasteiger charge is -2.14. The van der Waals surface area contributed by atoms with Crippen LogP contribution in [0.25, 0.3) is 0 Å². The molecule has 2 nitrogen and oxygen atoms in total. The van der Waals surface area contributed by atoms with E-state index in [1.165, 1.54) is 38.8 Å². The Labute approximate surface area is 87.7 Å². The van der Waals surface area contributed by atoms with E-state index in [1.807, 2.05) is 0 Å². The molecule has 0 aliphatic carbocycles. The smallest absolute Gasteiger partial charge is 0.120 e. The minimum absolute atomic E-state index is 0.732. The average Bonchev–Trinajstić information content (AvgIpc) is 2.63. The Bertz CT molecular complexity index is 158. The molecule has 0 aromatic carbocycles. The molecule has 1 rings (SSSR count). The van der Waals surface area contributed by atoms with Crippen LogP contribution in [-0.4, -0.2) is 30.8 Å². The molecular weight excluding hydrogens is 174 g/mol. The lowest BCUT2D eigenvalue weighted by atomic mass is 10.0. The summed E-state index contributed by atoms with van der Waals surface area (Å²) in [4.78, 5) is 12.7. The van der Waals surface area contributed by atoms with Crippen molar-refractivity contribution in [1.29, 1.82) is 0 Å². The van der Waals surface area contributed by atoms with Crippen molar-refractivity contribution in [2.45, 2.75) is 45.4 Å². The Hall–Kier alpha value is -0.370. The summed E-state index contributed by atoms with van der Waals surface area (Å²) in [6.45, 7) is 5.92. The van der Waals surface area contributed by atoms with Gasteiger partial charge in [-0.3, -0.25) is 0 Å². The molecule has 1 aliphatic heterocycles. The van der Waals surface area contributed by atoms with Gasteiger partial charge in [-0.1, -0.05) is 19.8 Å². The molecule has 1 unspecified atom stereocenters. The topological polar surface area (TPSA) is 20.3 Å². The molecule has 0 aromatic heterocycles. The molecule has 1 fully saturated rings. The molecule has 0 radical (unpaired) electrons. The molecule has 1 heterocycles. The van der Waals surface area contributed by atoms with Gasteiger partial charge in [0, 0.05) is 13.0 Å². The zero-order valence-electron chi connectivity index (χ0n) is 9.37. The maximum Gasteiger partial charge on any atom is 0.120 e. The molecule has 1 saturated heterocycles. The third-order valence-electron chi connectivity index (χ3n) is 3.13. The highest BCUT2D eigenvalue weighted by Gasteiger charge is 2.20. The number of unbranched alkanes of at least 4 members (excludes halogenated alkanes) is 2. The second-order valence-corrected chi connectivity index (χ2v) is 4.41. The number of hydrogen-bond donors (Lipinski definition) is 0. The van der Waals surface area contributed by atoms with Gasteiger partial charge in [0.1, 0.15) is 6.29 Å². The van der Waals surface area contributed by atoms with E-state index in [0.717, 1.165) is 31.6 Å². The van der Waals surface area contributed by atoms with Gasteiger partial charge in [-0.15, -0.1) is 0 Å². The molecule has 0 bridgehead atoms. The van der Waals surface area contributed by atoms with Crippen molar-refractivity contribution in [3.05, 3.63) is 0 Å². The predicted octanol–water partition coefficient (Wildman–Crippen LogP) is 2.48. The van der Waals surface area contributed by atoms with Crippen LogP contribution in [0.4, 0.5) is 0 Å². The second kappa shape index (κ2) is 6.99. The van der Waals surface area contributed by atoms with Gasteiger partial charge in [0.15, 0.2) is 0 Å². The van der Waals surface area contributed by atoms with Crippen LogP contribution in [0.2, 0.25) is 0 Å². The average molecular weight is 197 g/mol. The lowest BCUT2D eigenvalue weighted by Crippen LogP contribution is -2.21. The number of rotatable bonds is 7. The van der Waals surface area contributed by atoms with E-state index in [2.05, 4.69) is 11.8 Å². The largest absolute Gasteiger partial charge is 0.303 e. The monoisotopic (exact) mass is 197 g/mol. The Morgan fingerprint density at radius 1 is 1.43 bits per heavy atom. The van der Waals surface area contributed by atoms with Crippen LogP contribution >= 0.6 is 0 Å². The number of likely N-dealkylation sites (tertiary alicyclic amines) is 1. The van der Waals surface area contributed by atoms with Gasteiger partial charge in [-0.2, -0.15) is 0 Å². The summed E-state index contributed by atoms with van der Waals surface area (Å²) < 4.78 is 0. The van der Waals surface area contributed by atoms with Crippen molar-refractivity contribution in [2.75, 3.05) is 19.6 Å². The van der Waals surface area contributed by atoms with Gasteiger partial charge in [0.25, 0.3) is 0 Å². The van der Waals surface area contributed by atoms with Gasteiger partial charge in [0.2, 0.25) is 0 Å². The van der Waals surface area contributed by atoms with E-state index in [-0.39, 0.29) is 0 Å². The lowest BCUT2D eigenvalue weighted by molar-refractivity contribution is -0.108. The Morgan fingerprint density at radius 3 is 3.00 bits per heavy atom. The van der Waals surface area contributed by atoms with E-state index < -0.39 is 0 Å². The maximum atomic E-state index is 10.2. The molecule has 0 N–H and O–H groups in total. The van der Waals surface area contributed by atoms with Crippen LogP contribution in [-0.2, 0) is 4.79 Å². The molecule has 0 saturated carbocycles. The summed E-state index contributed by atoms with van der Waals surface area (Å²) in [6, 6.07) is 0. The predicted molar refractivity (Wildman–Crippen MR) is 59.4 cm³/mol. The minimum Gasteiger partial charge on any atom is -0.303 e. The zero-order chi connectivity index (χ0) is 10.2. The van der Waals surface area contributed by atoms with E-state index in [9.17, 15) is 4.79 Å². The summed E-state index contributed by atoms with van der Waals surface area (Å²) in [5.41, 5.74) is 0. The third kappa shape index (κ3) is 4.23. The van der Waals surface area contributed by atoms with Crippen molar-refractivity contribution in [1.82, 2.24) is 4.90 Å². The first kappa shape index (κ1) is 11.7. The first-order valence-corrected chi connectivity index (χ1v) is 6.02. The van der Waals surface area contributed by atoms with Crippen LogP contribution in [0, 0.1) is 5.92 Å². The van der Waals surface area contributed by atoms with Gasteiger partial charge in [0.05, 0.1) is 0 Å². The number of carbonyl (C=O) groups is 1. The molecule has 14 heavy (non-hydrogen) atoms. The van der Waals surface area contributed by atoms with Crippen molar-refractivity contribution >= 4 is 6.29 Å². The third-order valence-corrected chi connectivity index (χ3v) is 3.13. The fraction of sp³-hybridized carbons (Fsp3) is 0.917. The molecule has 2 heteroatoms. The molecule has 0 amide bonds. The molecular formula is C12H23NO. The van der Waals surface area contributed by atoms with Gasteiger partial charge >= 0.3 is 0 Å². The molecule has 0 aromatic rings. The highest BCUT2D eigenvalue weighted by Crippen LogP contribution is 2.21. The van der Waals surface area contributed by atoms with Gasteiger partial charge < -0.3 is 9.69 Å². The highest BCUT2D eigenvalue weighted by molar-refractivity contribution is 5.48. The van der Waals surface area contributed by atoms with E-state index in [0.29, 0.717) is 0 Å². The van der Waals surface area contributed by atoms with Crippen molar-refractivity contribution in [3.63, 3.8) is 0 Å². The van der Waals surface area contributed by atoms with Crippen molar-refractivity contribution in [3.8, 4) is 0 Å². The molecule has 1 aliphatic rings. The quantitative estimate of drug-likeness (QED) is 0.461. The highest BCUT2D eigenvalue weighted by atomic mass is 16.1. The minimum atomic E-state index is 0.732. The summed E-state index contributed by atoms with van der Waals surface area (Å²) in [5, 5.41) is 0. The number of aldehydes is 1. The van der Waals surface area contributed by atoms with E-state index in [4.69, 9.17) is 0 Å². The first-order chi connectivity index (χ1) is 6.86. The molecule has 1 atom stereocenters. The number of carbonyl (C=O) groups excluding carboxylic acids is 1. The molecule has 0 spiro atoms. The standard InChI is InChI=1S/C12H23NO/c1-2-3-6-12-7-9-13(11-12)8-4-5-10-14/h10,12H,2-9,11H2,1H3. The van der Waals surface area contributed by atoms with Crippen LogP contribution in [0.15, 0.2) is 0 Å². The van der Waals surface area contributed by atoms with Crippen LogP contribution < -0.4 is 0 Å². The first-order valence-electron chi connectivity index (χ1n) is 6.02. The molecule has 82 valence electrons. The van der Waals surface area contributed by atoms with E-state index in [1.54, 1.807) is 0 Å². The summed E-state index contributed by atoms with van der Waals surface area (Å²) in [6.07, 6.45) is 8.29. The van der Waals surface area contributed by atoms with Crippen molar-refractivity contribution in [2.24, 2.45) is 5.92 Å². The van der Waals surface area contributed by atoms with Crippen molar-refractivity contribution < 1.29 is 4.79 Å². The zero-order valence-corrected chi connectivity index (χ0v) is 9.37. The van der Waals surface area contributed by atoms with Crippen LogP contribution in [0.3, 0.4) is 0 Å². The fourth-order valence-corrected chi connectivity index (χ4v) is 2.24. The second-order valence-electron chi connectivity index (χ2n) is 4.41. The van der Waals surface area contributed by atoms with E-state index >= 15 is 0 Å². The fourth-order valence-electron chi connectivity index (χ4n) is 2.24. The Morgan fingerprint density at radius 2 is 2.29 bits per heavy atom. The summed E-state index contributed by atoms with van der Waals surface area (Å²) in [5.74, 6) is 0.936. The Balaban J connectivity index is 2.04. The van der Waals surface area contributed by atoms with Crippen LogP contribution in [0.1, 0.15) is 45.4 Å². The summed E-state index contributed by atoms with van der Waals surface area (Å²) in [7, 11) is 0. The number of nitrogens with zero attached hydrogens (tertiary/aromatic N) is 1. The van der Waals surface area contributed by atoms with Crippen LogP contribution in [0.5, 0.6) is 0 Å². The van der Waals surface area contributed by atoms with Gasteiger partial charge in [-0.25, -0.2) is 0 Å². The van der Waals surface area contributed by atoms with Gasteiger partial charge in [-0.05, 0) is 38.3 Å².